The van der Waals surface area contributed by atoms with Gasteiger partial charge in [0, 0.05) is 24.0 Å². The van der Waals surface area contributed by atoms with Crippen LogP contribution in [0.1, 0.15) is 44.9 Å². The molecule has 3 unspecified atom stereocenters. The van der Waals surface area contributed by atoms with Crippen LogP contribution in [0.15, 0.2) is 17.5 Å². The number of rotatable bonds is 7. The molecular formula is C18H32N2S. The van der Waals surface area contributed by atoms with E-state index in [1.807, 2.05) is 11.3 Å². The Bertz CT molecular complexity index is 388. The van der Waals surface area contributed by atoms with Crippen LogP contribution in [0.2, 0.25) is 0 Å². The Balaban J connectivity index is 1.95. The molecule has 0 radical (unpaired) electrons. The molecule has 2 rings (SSSR count). The van der Waals surface area contributed by atoms with Gasteiger partial charge in [-0.3, -0.25) is 4.90 Å². The van der Waals surface area contributed by atoms with Gasteiger partial charge in [-0.15, -0.1) is 11.3 Å². The third-order valence-electron chi connectivity index (χ3n) is 5.24. The largest absolute Gasteiger partial charge is 0.317 e. The molecule has 0 bridgehead atoms. The van der Waals surface area contributed by atoms with E-state index in [0.29, 0.717) is 6.04 Å². The van der Waals surface area contributed by atoms with Gasteiger partial charge in [-0.2, -0.15) is 0 Å². The first-order valence-corrected chi connectivity index (χ1v) is 9.44. The maximum Gasteiger partial charge on any atom is 0.0327 e. The zero-order valence-electron chi connectivity index (χ0n) is 14.1. The van der Waals surface area contributed by atoms with Crippen LogP contribution in [0, 0.1) is 17.8 Å². The molecule has 0 amide bonds. The molecule has 0 saturated heterocycles. The highest BCUT2D eigenvalue weighted by Crippen LogP contribution is 2.34. The average Bonchev–Trinajstić information content (AvgIpc) is 2.99. The smallest absolute Gasteiger partial charge is 0.0327 e. The Morgan fingerprint density at radius 1 is 1.38 bits per heavy atom. The van der Waals surface area contributed by atoms with Crippen molar-refractivity contribution in [2.75, 3.05) is 20.1 Å². The van der Waals surface area contributed by atoms with Crippen molar-refractivity contribution in [1.82, 2.24) is 10.2 Å². The van der Waals surface area contributed by atoms with Crippen LogP contribution in [0.4, 0.5) is 0 Å². The minimum Gasteiger partial charge on any atom is -0.317 e. The predicted octanol–water partition coefficient (Wildman–Crippen LogP) is 4.23. The summed E-state index contributed by atoms with van der Waals surface area (Å²) in [7, 11) is 2.14. The Morgan fingerprint density at radius 2 is 2.19 bits per heavy atom. The molecule has 0 aromatic carbocycles. The van der Waals surface area contributed by atoms with Crippen molar-refractivity contribution in [3.05, 3.63) is 22.4 Å². The molecule has 3 heteroatoms. The molecule has 3 atom stereocenters. The highest BCUT2D eigenvalue weighted by molar-refractivity contribution is 7.09. The summed E-state index contributed by atoms with van der Waals surface area (Å²) >= 11 is 1.88. The Labute approximate surface area is 134 Å². The second-order valence-electron chi connectivity index (χ2n) is 6.88. The average molecular weight is 309 g/mol. The molecule has 1 fully saturated rings. The van der Waals surface area contributed by atoms with Gasteiger partial charge in [0.2, 0.25) is 0 Å². The van der Waals surface area contributed by atoms with E-state index in [2.05, 4.69) is 55.5 Å². The zero-order chi connectivity index (χ0) is 15.2. The number of hydrogen-bond donors (Lipinski definition) is 1. The molecule has 0 spiro atoms. The third kappa shape index (κ3) is 4.80. The Hall–Kier alpha value is -0.380. The van der Waals surface area contributed by atoms with E-state index < -0.39 is 0 Å². The van der Waals surface area contributed by atoms with Crippen molar-refractivity contribution in [3.8, 4) is 0 Å². The highest BCUT2D eigenvalue weighted by Gasteiger charge is 2.31. The lowest BCUT2D eigenvalue weighted by atomic mass is 9.73. The molecule has 1 saturated carbocycles. The van der Waals surface area contributed by atoms with E-state index in [9.17, 15) is 0 Å². The van der Waals surface area contributed by atoms with Gasteiger partial charge in [0.15, 0.2) is 0 Å². The van der Waals surface area contributed by atoms with Crippen molar-refractivity contribution in [1.29, 1.82) is 0 Å². The Morgan fingerprint density at radius 3 is 2.76 bits per heavy atom. The topological polar surface area (TPSA) is 15.3 Å². The molecule has 1 aromatic heterocycles. The standard InChI is InChI=1S/C18H32N2S/c1-5-20(13-17-7-6-10-21-17)12-16-11-15(14(2)3)8-9-18(16)19-4/h6-7,10,14-16,18-19H,5,8-9,11-13H2,1-4H3. The summed E-state index contributed by atoms with van der Waals surface area (Å²) in [4.78, 5) is 4.12. The lowest BCUT2D eigenvalue weighted by molar-refractivity contribution is 0.124. The summed E-state index contributed by atoms with van der Waals surface area (Å²) in [5, 5.41) is 5.77. The van der Waals surface area contributed by atoms with Crippen molar-refractivity contribution >= 4 is 11.3 Å². The first-order valence-electron chi connectivity index (χ1n) is 8.56. The van der Waals surface area contributed by atoms with Crippen LogP contribution < -0.4 is 5.32 Å². The fraction of sp³-hybridized carbons (Fsp3) is 0.778. The second kappa shape index (κ2) is 8.30. The highest BCUT2D eigenvalue weighted by atomic mass is 32.1. The van der Waals surface area contributed by atoms with E-state index in [1.54, 1.807) is 0 Å². The van der Waals surface area contributed by atoms with Gasteiger partial charge in [-0.1, -0.05) is 26.8 Å². The number of thiophene rings is 1. The Kier molecular flexibility index (Phi) is 6.72. The minimum atomic E-state index is 0.706. The molecule has 1 N–H and O–H groups in total. The fourth-order valence-electron chi connectivity index (χ4n) is 3.75. The fourth-order valence-corrected chi connectivity index (χ4v) is 4.49. The van der Waals surface area contributed by atoms with E-state index in [0.717, 1.165) is 30.8 Å². The summed E-state index contributed by atoms with van der Waals surface area (Å²) in [6.45, 7) is 10.6. The molecule has 120 valence electrons. The lowest BCUT2D eigenvalue weighted by Crippen LogP contribution is -2.45. The molecule has 1 aliphatic carbocycles. The van der Waals surface area contributed by atoms with Crippen LogP contribution in [-0.2, 0) is 6.54 Å². The van der Waals surface area contributed by atoms with E-state index >= 15 is 0 Å². The second-order valence-corrected chi connectivity index (χ2v) is 7.91. The van der Waals surface area contributed by atoms with Gasteiger partial charge in [-0.25, -0.2) is 0 Å². The van der Waals surface area contributed by atoms with Gasteiger partial charge >= 0.3 is 0 Å². The van der Waals surface area contributed by atoms with Crippen LogP contribution in [0.25, 0.3) is 0 Å². The van der Waals surface area contributed by atoms with Gasteiger partial charge < -0.3 is 5.32 Å². The van der Waals surface area contributed by atoms with Crippen LogP contribution in [0.5, 0.6) is 0 Å². The number of hydrogen-bond acceptors (Lipinski definition) is 3. The van der Waals surface area contributed by atoms with Crippen molar-refractivity contribution < 1.29 is 0 Å². The maximum absolute atomic E-state index is 3.58. The third-order valence-corrected chi connectivity index (χ3v) is 6.10. The summed E-state index contributed by atoms with van der Waals surface area (Å²) in [5.41, 5.74) is 0. The van der Waals surface area contributed by atoms with E-state index in [1.165, 1.54) is 30.7 Å². The maximum atomic E-state index is 3.58. The van der Waals surface area contributed by atoms with Gasteiger partial charge in [0.1, 0.15) is 0 Å². The van der Waals surface area contributed by atoms with Crippen LogP contribution in [-0.4, -0.2) is 31.1 Å². The van der Waals surface area contributed by atoms with Crippen molar-refractivity contribution in [2.24, 2.45) is 17.8 Å². The number of nitrogens with one attached hydrogen (secondary N) is 1. The molecule has 1 aromatic rings. The lowest BCUT2D eigenvalue weighted by Gasteiger charge is -2.40. The molecular weight excluding hydrogens is 276 g/mol. The molecule has 2 nitrogen and oxygen atoms in total. The van der Waals surface area contributed by atoms with Crippen LogP contribution in [0.3, 0.4) is 0 Å². The molecule has 1 aliphatic rings. The molecule has 0 aliphatic heterocycles. The first kappa shape index (κ1) is 17.0. The normalized spacial score (nSPS) is 26.7. The SMILES string of the molecule is CCN(Cc1cccs1)CC1CC(C(C)C)CCC1NC. The monoisotopic (exact) mass is 308 g/mol. The van der Waals surface area contributed by atoms with E-state index in [-0.39, 0.29) is 0 Å². The quantitative estimate of drug-likeness (QED) is 0.811. The van der Waals surface area contributed by atoms with Crippen molar-refractivity contribution in [3.63, 3.8) is 0 Å². The van der Waals surface area contributed by atoms with Gasteiger partial charge in [-0.05, 0) is 62.1 Å². The minimum absolute atomic E-state index is 0.706. The molecule has 1 heterocycles. The van der Waals surface area contributed by atoms with Crippen molar-refractivity contribution in [2.45, 2.75) is 52.6 Å². The number of nitrogens with zero attached hydrogens (tertiary/aromatic N) is 1. The summed E-state index contributed by atoms with van der Waals surface area (Å²) in [6, 6.07) is 5.14. The van der Waals surface area contributed by atoms with E-state index in [4.69, 9.17) is 0 Å². The summed E-state index contributed by atoms with van der Waals surface area (Å²) in [6.07, 6.45) is 4.14. The summed E-state index contributed by atoms with van der Waals surface area (Å²) in [5.74, 6) is 2.55. The predicted molar refractivity (Wildman–Crippen MR) is 93.8 cm³/mol. The van der Waals surface area contributed by atoms with Gasteiger partial charge in [0.05, 0.1) is 0 Å². The van der Waals surface area contributed by atoms with Gasteiger partial charge in [0.25, 0.3) is 0 Å². The van der Waals surface area contributed by atoms with Crippen LogP contribution >= 0.6 is 11.3 Å². The summed E-state index contributed by atoms with van der Waals surface area (Å²) < 4.78 is 0. The zero-order valence-corrected chi connectivity index (χ0v) is 15.0. The molecule has 21 heavy (non-hydrogen) atoms. The first-order chi connectivity index (χ1) is 10.1.